The molecule has 0 aliphatic rings. The molecule has 0 aliphatic carbocycles. The third kappa shape index (κ3) is 6.34. The third-order valence-electron chi connectivity index (χ3n) is 3.87. The Morgan fingerprint density at radius 2 is 1.92 bits per heavy atom. The second kappa shape index (κ2) is 10.1. The van der Waals surface area contributed by atoms with E-state index >= 15 is 0 Å². The smallest absolute Gasteiger partial charge is 0.191 e. The minimum Gasteiger partial charge on any atom is -0.357 e. The average Bonchev–Trinajstić information content (AvgIpc) is 3.10. The minimum absolute atomic E-state index is 0.415. The Hall–Kier alpha value is -1.85. The second-order valence-electron chi connectivity index (χ2n) is 5.96. The van der Waals surface area contributed by atoms with Crippen LogP contribution < -0.4 is 10.6 Å². The van der Waals surface area contributed by atoms with Crippen molar-refractivity contribution in [2.75, 3.05) is 27.2 Å². The monoisotopic (exact) mass is 344 g/mol. The largest absolute Gasteiger partial charge is 0.357 e. The van der Waals surface area contributed by atoms with Crippen LogP contribution in [-0.4, -0.2) is 44.1 Å². The Kier molecular flexibility index (Phi) is 7.79. The molecule has 1 heterocycles. The van der Waals surface area contributed by atoms with Crippen LogP contribution in [0.4, 0.5) is 0 Å². The predicted molar refractivity (Wildman–Crippen MR) is 105 cm³/mol. The van der Waals surface area contributed by atoms with Crippen molar-refractivity contribution in [2.24, 2.45) is 4.99 Å². The van der Waals surface area contributed by atoms with Gasteiger partial charge < -0.3 is 15.5 Å². The number of nitrogens with zero attached hydrogens (tertiary/aromatic N) is 2. The van der Waals surface area contributed by atoms with E-state index in [0.29, 0.717) is 6.04 Å². The highest BCUT2D eigenvalue weighted by Gasteiger charge is 2.13. The molecule has 24 heavy (non-hydrogen) atoms. The first-order chi connectivity index (χ1) is 11.7. The van der Waals surface area contributed by atoms with Crippen molar-refractivity contribution in [1.29, 1.82) is 0 Å². The zero-order valence-corrected chi connectivity index (χ0v) is 15.6. The SMILES string of the molecule is CCNC(=NCc1cccs1)NCC(Cc1ccccc1)N(C)C. The fourth-order valence-electron chi connectivity index (χ4n) is 2.44. The number of benzene rings is 1. The first-order valence-electron chi connectivity index (χ1n) is 8.44. The fraction of sp³-hybridized carbons (Fsp3) is 0.421. The maximum atomic E-state index is 4.68. The molecule has 2 rings (SSSR count). The van der Waals surface area contributed by atoms with Crippen molar-refractivity contribution in [3.8, 4) is 0 Å². The van der Waals surface area contributed by atoms with Crippen LogP contribution in [0.3, 0.4) is 0 Å². The van der Waals surface area contributed by atoms with Gasteiger partial charge in [0.25, 0.3) is 0 Å². The third-order valence-corrected chi connectivity index (χ3v) is 4.73. The van der Waals surface area contributed by atoms with Crippen molar-refractivity contribution in [3.05, 3.63) is 58.3 Å². The van der Waals surface area contributed by atoms with Crippen LogP contribution in [0.15, 0.2) is 52.8 Å². The Morgan fingerprint density at radius 1 is 1.12 bits per heavy atom. The van der Waals surface area contributed by atoms with Gasteiger partial charge >= 0.3 is 0 Å². The van der Waals surface area contributed by atoms with Crippen LogP contribution in [0.5, 0.6) is 0 Å². The quantitative estimate of drug-likeness (QED) is 0.571. The Labute approximate surface area is 149 Å². The fourth-order valence-corrected chi connectivity index (χ4v) is 3.07. The molecule has 0 saturated carbocycles. The molecule has 0 radical (unpaired) electrons. The van der Waals surface area contributed by atoms with E-state index in [-0.39, 0.29) is 0 Å². The van der Waals surface area contributed by atoms with Crippen molar-refractivity contribution < 1.29 is 0 Å². The lowest BCUT2D eigenvalue weighted by atomic mass is 10.1. The van der Waals surface area contributed by atoms with Gasteiger partial charge in [-0.25, -0.2) is 4.99 Å². The lowest BCUT2D eigenvalue weighted by molar-refractivity contribution is 0.290. The summed E-state index contributed by atoms with van der Waals surface area (Å²) in [5, 5.41) is 8.91. The van der Waals surface area contributed by atoms with Crippen LogP contribution in [0, 0.1) is 0 Å². The molecule has 1 aromatic carbocycles. The van der Waals surface area contributed by atoms with Gasteiger partial charge in [-0.15, -0.1) is 11.3 Å². The standard InChI is InChI=1S/C19H28N4S/c1-4-20-19(22-15-18-11-8-12-24-18)21-14-17(23(2)3)13-16-9-6-5-7-10-16/h5-12,17H,4,13-15H2,1-3H3,(H2,20,21,22). The summed E-state index contributed by atoms with van der Waals surface area (Å²) in [5.74, 6) is 0.880. The molecule has 0 saturated heterocycles. The molecular formula is C19H28N4S. The van der Waals surface area contributed by atoms with Gasteiger partial charge in [-0.3, -0.25) is 0 Å². The molecule has 2 aromatic rings. The van der Waals surface area contributed by atoms with E-state index in [1.54, 1.807) is 11.3 Å². The number of aliphatic imine (C=N–C) groups is 1. The highest BCUT2D eigenvalue weighted by molar-refractivity contribution is 7.09. The van der Waals surface area contributed by atoms with E-state index in [4.69, 9.17) is 0 Å². The molecule has 0 aliphatic heterocycles. The topological polar surface area (TPSA) is 39.7 Å². The van der Waals surface area contributed by atoms with E-state index in [1.165, 1.54) is 10.4 Å². The molecule has 4 nitrogen and oxygen atoms in total. The van der Waals surface area contributed by atoms with Gasteiger partial charge in [0.2, 0.25) is 0 Å². The van der Waals surface area contributed by atoms with Gasteiger partial charge in [-0.1, -0.05) is 36.4 Å². The summed E-state index contributed by atoms with van der Waals surface area (Å²) < 4.78 is 0. The molecule has 1 unspecified atom stereocenters. The van der Waals surface area contributed by atoms with Gasteiger partial charge in [0.05, 0.1) is 6.54 Å². The molecule has 2 N–H and O–H groups in total. The number of hydrogen-bond donors (Lipinski definition) is 2. The summed E-state index contributed by atoms with van der Waals surface area (Å²) >= 11 is 1.74. The molecule has 0 amide bonds. The number of likely N-dealkylation sites (N-methyl/N-ethyl adjacent to an activating group) is 1. The maximum Gasteiger partial charge on any atom is 0.191 e. The summed E-state index contributed by atoms with van der Waals surface area (Å²) in [6.07, 6.45) is 1.02. The summed E-state index contributed by atoms with van der Waals surface area (Å²) in [6.45, 7) is 4.54. The molecular weight excluding hydrogens is 316 g/mol. The van der Waals surface area contributed by atoms with Gasteiger partial charge in [0.1, 0.15) is 0 Å². The number of thiophene rings is 1. The number of nitrogens with one attached hydrogen (secondary N) is 2. The lowest BCUT2D eigenvalue weighted by Crippen LogP contribution is -2.46. The van der Waals surface area contributed by atoms with Gasteiger partial charge in [-0.05, 0) is 44.4 Å². The van der Waals surface area contributed by atoms with Crippen molar-refractivity contribution in [2.45, 2.75) is 25.9 Å². The predicted octanol–water partition coefficient (Wildman–Crippen LogP) is 2.98. The van der Waals surface area contributed by atoms with Gasteiger partial charge in [0.15, 0.2) is 5.96 Å². The first kappa shape index (κ1) is 18.5. The van der Waals surface area contributed by atoms with Crippen LogP contribution in [0.1, 0.15) is 17.4 Å². The minimum atomic E-state index is 0.415. The van der Waals surface area contributed by atoms with E-state index in [2.05, 4.69) is 89.4 Å². The van der Waals surface area contributed by atoms with Crippen LogP contribution >= 0.6 is 11.3 Å². The molecule has 1 aromatic heterocycles. The van der Waals surface area contributed by atoms with Crippen LogP contribution in [0.2, 0.25) is 0 Å². The summed E-state index contributed by atoms with van der Waals surface area (Å²) in [6, 6.07) is 15.2. The summed E-state index contributed by atoms with van der Waals surface area (Å²) in [4.78, 5) is 8.23. The van der Waals surface area contributed by atoms with Crippen LogP contribution in [-0.2, 0) is 13.0 Å². The van der Waals surface area contributed by atoms with E-state index in [1.807, 2.05) is 0 Å². The zero-order chi connectivity index (χ0) is 17.2. The molecule has 0 fully saturated rings. The van der Waals surface area contributed by atoms with E-state index in [0.717, 1.165) is 32.0 Å². The molecule has 0 spiro atoms. The first-order valence-corrected chi connectivity index (χ1v) is 9.32. The van der Waals surface area contributed by atoms with Gasteiger partial charge in [-0.2, -0.15) is 0 Å². The highest BCUT2D eigenvalue weighted by atomic mass is 32.1. The number of hydrogen-bond acceptors (Lipinski definition) is 3. The lowest BCUT2D eigenvalue weighted by Gasteiger charge is -2.25. The Morgan fingerprint density at radius 3 is 2.54 bits per heavy atom. The second-order valence-corrected chi connectivity index (χ2v) is 6.99. The molecule has 1 atom stereocenters. The maximum absolute atomic E-state index is 4.68. The summed E-state index contributed by atoms with van der Waals surface area (Å²) in [5.41, 5.74) is 1.36. The van der Waals surface area contributed by atoms with Crippen LogP contribution in [0.25, 0.3) is 0 Å². The normalized spacial score (nSPS) is 13.1. The van der Waals surface area contributed by atoms with Crippen molar-refractivity contribution in [3.63, 3.8) is 0 Å². The van der Waals surface area contributed by atoms with Crippen molar-refractivity contribution >= 4 is 17.3 Å². The Bertz CT molecular complexity index is 593. The summed E-state index contributed by atoms with van der Waals surface area (Å²) in [7, 11) is 4.26. The molecule has 5 heteroatoms. The number of rotatable bonds is 8. The average molecular weight is 345 g/mol. The number of guanidine groups is 1. The molecule has 0 bridgehead atoms. The van der Waals surface area contributed by atoms with E-state index < -0.39 is 0 Å². The van der Waals surface area contributed by atoms with E-state index in [9.17, 15) is 0 Å². The van der Waals surface area contributed by atoms with Crippen molar-refractivity contribution in [1.82, 2.24) is 15.5 Å². The molecule has 130 valence electrons. The highest BCUT2D eigenvalue weighted by Crippen LogP contribution is 2.09. The van der Waals surface area contributed by atoms with Gasteiger partial charge in [0, 0.05) is 24.0 Å². The Balaban J connectivity index is 1.93. The zero-order valence-electron chi connectivity index (χ0n) is 14.8.